The fourth-order valence-corrected chi connectivity index (χ4v) is 3.53. The predicted octanol–water partition coefficient (Wildman–Crippen LogP) is 4.01. The van der Waals surface area contributed by atoms with Crippen LogP contribution in [0, 0.1) is 11.8 Å². The second-order valence-electron chi connectivity index (χ2n) is 6.85. The Kier molecular flexibility index (Phi) is 7.86. The van der Waals surface area contributed by atoms with E-state index in [0.717, 1.165) is 44.0 Å². The van der Waals surface area contributed by atoms with Crippen LogP contribution in [-0.2, 0) is 4.79 Å². The van der Waals surface area contributed by atoms with E-state index in [1.54, 1.807) is 0 Å². The number of ether oxygens (including phenoxy) is 1. The van der Waals surface area contributed by atoms with E-state index in [1.165, 1.54) is 32.1 Å². The van der Waals surface area contributed by atoms with Crippen molar-refractivity contribution in [3.8, 4) is 5.75 Å². The molecule has 0 unspecified atom stereocenters. The maximum atomic E-state index is 12.2. The van der Waals surface area contributed by atoms with Crippen molar-refractivity contribution in [1.82, 2.24) is 5.32 Å². The van der Waals surface area contributed by atoms with Gasteiger partial charge in [-0.2, -0.15) is 0 Å². The van der Waals surface area contributed by atoms with Gasteiger partial charge in [0.1, 0.15) is 5.75 Å². The number of nitrogens with one attached hydrogen (secondary N) is 2. The summed E-state index contributed by atoms with van der Waals surface area (Å²) in [7, 11) is 0. The summed E-state index contributed by atoms with van der Waals surface area (Å²) in [6.07, 6.45) is 8.50. The fourth-order valence-electron chi connectivity index (χ4n) is 3.53. The Hall–Kier alpha value is -1.26. The van der Waals surface area contributed by atoms with Gasteiger partial charge in [0.25, 0.3) is 0 Å². The first-order chi connectivity index (χ1) is 11.3. The number of piperidine rings is 1. The summed E-state index contributed by atoms with van der Waals surface area (Å²) in [6, 6.07) is 7.80. The van der Waals surface area contributed by atoms with Crippen LogP contribution in [0.2, 0.25) is 0 Å². The Bertz CT molecular complexity index is 495. The zero-order valence-corrected chi connectivity index (χ0v) is 15.1. The quantitative estimate of drug-likeness (QED) is 0.841. The predicted molar refractivity (Wildman–Crippen MR) is 100.0 cm³/mol. The highest BCUT2D eigenvalue weighted by Crippen LogP contribution is 2.25. The van der Waals surface area contributed by atoms with Gasteiger partial charge >= 0.3 is 0 Å². The Labute approximate surface area is 151 Å². The molecule has 4 nitrogen and oxygen atoms in total. The number of hydrogen-bond donors (Lipinski definition) is 2. The van der Waals surface area contributed by atoms with Crippen LogP contribution in [0.15, 0.2) is 24.3 Å². The molecule has 1 heterocycles. The van der Waals surface area contributed by atoms with Crippen molar-refractivity contribution in [3.63, 3.8) is 0 Å². The Morgan fingerprint density at radius 2 is 1.71 bits per heavy atom. The minimum atomic E-state index is 0. The average Bonchev–Trinajstić information content (AvgIpc) is 2.63. The summed E-state index contributed by atoms with van der Waals surface area (Å²) in [5, 5.41) is 6.31. The van der Waals surface area contributed by atoms with Gasteiger partial charge in [-0.15, -0.1) is 12.4 Å². The third kappa shape index (κ3) is 5.67. The van der Waals surface area contributed by atoms with Crippen LogP contribution in [0.25, 0.3) is 0 Å². The first-order valence-electron chi connectivity index (χ1n) is 9.06. The van der Waals surface area contributed by atoms with Gasteiger partial charge in [0.05, 0.1) is 6.61 Å². The minimum absolute atomic E-state index is 0. The summed E-state index contributed by atoms with van der Waals surface area (Å²) in [5.74, 6) is 1.89. The van der Waals surface area contributed by atoms with Gasteiger partial charge in [-0.1, -0.05) is 19.3 Å². The highest BCUT2D eigenvalue weighted by atomic mass is 35.5. The van der Waals surface area contributed by atoms with Crippen LogP contribution < -0.4 is 15.4 Å². The molecule has 1 saturated carbocycles. The largest absolute Gasteiger partial charge is 0.493 e. The molecule has 1 amide bonds. The molecule has 2 N–H and O–H groups in total. The summed E-state index contributed by atoms with van der Waals surface area (Å²) >= 11 is 0. The van der Waals surface area contributed by atoms with Crippen molar-refractivity contribution < 1.29 is 9.53 Å². The number of carbonyl (C=O) groups is 1. The molecule has 0 bridgehead atoms. The molecular formula is C19H29ClN2O2. The van der Waals surface area contributed by atoms with E-state index in [2.05, 4.69) is 10.6 Å². The average molecular weight is 353 g/mol. The van der Waals surface area contributed by atoms with E-state index in [0.29, 0.717) is 5.92 Å². The van der Waals surface area contributed by atoms with Crippen LogP contribution in [0.4, 0.5) is 5.69 Å². The van der Waals surface area contributed by atoms with Crippen LogP contribution >= 0.6 is 12.4 Å². The number of rotatable bonds is 5. The number of benzene rings is 1. The lowest BCUT2D eigenvalue weighted by molar-refractivity contribution is -0.120. The smallest absolute Gasteiger partial charge is 0.227 e. The minimum Gasteiger partial charge on any atom is -0.493 e. The van der Waals surface area contributed by atoms with Gasteiger partial charge in [0, 0.05) is 11.6 Å². The zero-order valence-electron chi connectivity index (χ0n) is 14.3. The molecule has 24 heavy (non-hydrogen) atoms. The van der Waals surface area contributed by atoms with Gasteiger partial charge in [-0.05, 0) is 69.0 Å². The Balaban J connectivity index is 0.00000208. The molecular weight excluding hydrogens is 324 g/mol. The fraction of sp³-hybridized carbons (Fsp3) is 0.632. The Morgan fingerprint density at radius 3 is 2.38 bits per heavy atom. The third-order valence-corrected chi connectivity index (χ3v) is 5.04. The molecule has 5 heteroatoms. The molecule has 2 aliphatic rings. The normalized spacial score (nSPS) is 19.3. The van der Waals surface area contributed by atoms with E-state index >= 15 is 0 Å². The molecule has 1 saturated heterocycles. The first kappa shape index (κ1) is 19.1. The van der Waals surface area contributed by atoms with Crippen LogP contribution in [-0.4, -0.2) is 25.6 Å². The van der Waals surface area contributed by atoms with E-state index in [1.807, 2.05) is 24.3 Å². The standard InChI is InChI=1S/C19H28N2O2.ClH/c22-19(16-10-12-20-13-11-16)21-17-6-8-18(9-7-17)23-14-15-4-2-1-3-5-15;/h6-9,15-16,20H,1-5,10-14H2,(H,21,22);1H. The second kappa shape index (κ2) is 9.90. The second-order valence-corrected chi connectivity index (χ2v) is 6.85. The summed E-state index contributed by atoms with van der Waals surface area (Å²) in [5.41, 5.74) is 0.860. The van der Waals surface area contributed by atoms with Crippen molar-refractivity contribution in [1.29, 1.82) is 0 Å². The summed E-state index contributed by atoms with van der Waals surface area (Å²) < 4.78 is 5.90. The molecule has 134 valence electrons. The maximum absolute atomic E-state index is 12.2. The van der Waals surface area contributed by atoms with Gasteiger partial charge in [0.2, 0.25) is 5.91 Å². The monoisotopic (exact) mass is 352 g/mol. The zero-order chi connectivity index (χ0) is 15.9. The topological polar surface area (TPSA) is 50.4 Å². The Morgan fingerprint density at radius 1 is 1.04 bits per heavy atom. The van der Waals surface area contributed by atoms with E-state index in [9.17, 15) is 4.79 Å². The van der Waals surface area contributed by atoms with Gasteiger partial charge in [-0.3, -0.25) is 4.79 Å². The van der Waals surface area contributed by atoms with Crippen LogP contribution in [0.5, 0.6) is 5.75 Å². The van der Waals surface area contributed by atoms with Crippen molar-refractivity contribution in [2.24, 2.45) is 11.8 Å². The van der Waals surface area contributed by atoms with Crippen molar-refractivity contribution in [2.45, 2.75) is 44.9 Å². The highest BCUT2D eigenvalue weighted by molar-refractivity contribution is 5.92. The molecule has 1 aliphatic carbocycles. The number of anilines is 1. The highest BCUT2D eigenvalue weighted by Gasteiger charge is 2.20. The number of hydrogen-bond acceptors (Lipinski definition) is 3. The van der Waals surface area contributed by atoms with Gasteiger partial charge < -0.3 is 15.4 Å². The molecule has 1 aromatic carbocycles. The van der Waals surface area contributed by atoms with Gasteiger partial charge in [0.15, 0.2) is 0 Å². The van der Waals surface area contributed by atoms with Crippen molar-refractivity contribution >= 4 is 24.0 Å². The lowest BCUT2D eigenvalue weighted by atomic mass is 9.90. The molecule has 1 aliphatic heterocycles. The van der Waals surface area contributed by atoms with E-state index in [-0.39, 0.29) is 24.2 Å². The summed E-state index contributed by atoms with van der Waals surface area (Å²) in [4.78, 5) is 12.2. The van der Waals surface area contributed by atoms with Crippen LogP contribution in [0.1, 0.15) is 44.9 Å². The number of amides is 1. The van der Waals surface area contributed by atoms with Crippen molar-refractivity contribution in [2.75, 3.05) is 25.0 Å². The SMILES string of the molecule is Cl.O=C(Nc1ccc(OCC2CCCCC2)cc1)C1CCNCC1. The van der Waals surface area contributed by atoms with E-state index < -0.39 is 0 Å². The lowest BCUT2D eigenvalue weighted by Gasteiger charge is -2.22. The van der Waals surface area contributed by atoms with Gasteiger partial charge in [-0.25, -0.2) is 0 Å². The lowest BCUT2D eigenvalue weighted by Crippen LogP contribution is -2.34. The summed E-state index contributed by atoms with van der Waals surface area (Å²) in [6.45, 7) is 2.69. The molecule has 0 atom stereocenters. The maximum Gasteiger partial charge on any atom is 0.227 e. The van der Waals surface area contributed by atoms with Crippen LogP contribution in [0.3, 0.4) is 0 Å². The third-order valence-electron chi connectivity index (χ3n) is 5.04. The molecule has 0 aromatic heterocycles. The molecule has 2 fully saturated rings. The number of carbonyl (C=O) groups excluding carboxylic acids is 1. The van der Waals surface area contributed by atoms with Crippen molar-refractivity contribution in [3.05, 3.63) is 24.3 Å². The van der Waals surface area contributed by atoms with E-state index in [4.69, 9.17) is 4.74 Å². The molecule has 0 radical (unpaired) electrons. The first-order valence-corrected chi connectivity index (χ1v) is 9.06. The molecule has 3 rings (SSSR count). The molecule has 0 spiro atoms. The number of halogens is 1. The molecule has 1 aromatic rings.